The van der Waals surface area contributed by atoms with Crippen LogP contribution in [0.15, 0.2) is 48.5 Å². The first kappa shape index (κ1) is 20.3. The number of alkyl halides is 3. The lowest BCUT2D eigenvalue weighted by molar-refractivity contribution is -0.138. The van der Waals surface area contributed by atoms with E-state index in [2.05, 4.69) is 4.90 Å². The van der Waals surface area contributed by atoms with E-state index in [4.69, 9.17) is 0 Å². The Morgan fingerprint density at radius 2 is 1.64 bits per heavy atom. The van der Waals surface area contributed by atoms with Crippen LogP contribution in [0.4, 0.5) is 17.6 Å². The summed E-state index contributed by atoms with van der Waals surface area (Å²) in [5.41, 5.74) is -0.280. The molecule has 2 aromatic carbocycles. The van der Waals surface area contributed by atoms with Gasteiger partial charge in [-0.2, -0.15) is 13.2 Å². The summed E-state index contributed by atoms with van der Waals surface area (Å²) in [6.07, 6.45) is -4.58. The average Bonchev–Trinajstić information content (AvgIpc) is 2.65. The molecule has 0 radical (unpaired) electrons. The van der Waals surface area contributed by atoms with E-state index in [0.29, 0.717) is 19.6 Å². The Balaban J connectivity index is 1.76. The van der Waals surface area contributed by atoms with Gasteiger partial charge in [-0.05, 0) is 43.7 Å². The van der Waals surface area contributed by atoms with E-state index in [1.54, 1.807) is 12.1 Å². The van der Waals surface area contributed by atoms with Gasteiger partial charge in [0.1, 0.15) is 5.82 Å². The van der Waals surface area contributed by atoms with Crippen molar-refractivity contribution in [2.45, 2.75) is 38.7 Å². The fourth-order valence-electron chi connectivity index (χ4n) is 3.60. The highest BCUT2D eigenvalue weighted by Crippen LogP contribution is 2.33. The van der Waals surface area contributed by atoms with Crippen molar-refractivity contribution >= 4 is 5.91 Å². The molecule has 1 amide bonds. The summed E-state index contributed by atoms with van der Waals surface area (Å²) < 4.78 is 52.9. The van der Waals surface area contributed by atoms with Crippen molar-refractivity contribution < 1.29 is 22.4 Å². The number of hydrogen-bond donors (Lipinski definition) is 0. The van der Waals surface area contributed by atoms with Gasteiger partial charge in [0.25, 0.3) is 5.91 Å². The summed E-state index contributed by atoms with van der Waals surface area (Å²) in [5, 5.41) is 0. The zero-order valence-corrected chi connectivity index (χ0v) is 15.7. The number of hydrogen-bond acceptors (Lipinski definition) is 2. The molecule has 2 aromatic rings. The van der Waals surface area contributed by atoms with Gasteiger partial charge in [0.15, 0.2) is 0 Å². The van der Waals surface area contributed by atoms with Crippen LogP contribution in [-0.2, 0) is 12.7 Å². The van der Waals surface area contributed by atoms with Crippen molar-refractivity contribution in [3.63, 3.8) is 0 Å². The first-order valence-electron chi connectivity index (χ1n) is 9.12. The van der Waals surface area contributed by atoms with Gasteiger partial charge < -0.3 is 4.90 Å². The number of piperazine rings is 1. The summed E-state index contributed by atoms with van der Waals surface area (Å²) in [5.74, 6) is -0.905. The molecule has 3 rings (SSSR count). The molecule has 2 unspecified atom stereocenters. The number of carbonyl (C=O) groups excluding carboxylic acids is 1. The standard InChI is InChI=1S/C21H22F4N2O/c1-14-12-27(20(28)18-5-3-4-6-19(18)21(23,24)25)15(2)11-26(14)13-16-7-9-17(22)10-8-16/h3-10,14-15H,11-13H2,1-2H3. The van der Waals surface area contributed by atoms with Crippen molar-refractivity contribution in [3.8, 4) is 0 Å². The van der Waals surface area contributed by atoms with Crippen LogP contribution in [0, 0.1) is 5.82 Å². The third-order valence-electron chi connectivity index (χ3n) is 5.14. The predicted molar refractivity (Wildman–Crippen MR) is 98.2 cm³/mol. The maximum atomic E-state index is 13.3. The third kappa shape index (κ3) is 4.35. The highest BCUT2D eigenvalue weighted by atomic mass is 19.4. The molecule has 0 bridgehead atoms. The minimum absolute atomic E-state index is 0.0387. The molecule has 150 valence electrons. The van der Waals surface area contributed by atoms with E-state index in [1.807, 2.05) is 13.8 Å². The second-order valence-electron chi connectivity index (χ2n) is 7.25. The van der Waals surface area contributed by atoms with Gasteiger partial charge >= 0.3 is 6.18 Å². The lowest BCUT2D eigenvalue weighted by Crippen LogP contribution is -2.57. The molecular weight excluding hydrogens is 372 g/mol. The molecule has 0 spiro atoms. The molecule has 1 heterocycles. The second kappa shape index (κ2) is 7.91. The summed E-state index contributed by atoms with van der Waals surface area (Å²) in [7, 11) is 0. The van der Waals surface area contributed by atoms with Gasteiger partial charge in [-0.1, -0.05) is 24.3 Å². The molecule has 1 saturated heterocycles. The van der Waals surface area contributed by atoms with E-state index < -0.39 is 17.6 Å². The Morgan fingerprint density at radius 1 is 1.00 bits per heavy atom. The Hall–Kier alpha value is -2.41. The van der Waals surface area contributed by atoms with Crippen molar-refractivity contribution in [1.82, 2.24) is 9.80 Å². The van der Waals surface area contributed by atoms with Crippen molar-refractivity contribution in [2.24, 2.45) is 0 Å². The summed E-state index contributed by atoms with van der Waals surface area (Å²) >= 11 is 0. The zero-order valence-electron chi connectivity index (χ0n) is 15.7. The topological polar surface area (TPSA) is 23.6 Å². The maximum Gasteiger partial charge on any atom is 0.417 e. The summed E-state index contributed by atoms with van der Waals surface area (Å²) in [4.78, 5) is 16.6. The number of nitrogens with zero attached hydrogens (tertiary/aromatic N) is 2. The fraction of sp³-hybridized carbons (Fsp3) is 0.381. The van der Waals surface area contributed by atoms with Gasteiger partial charge in [-0.15, -0.1) is 0 Å². The fourth-order valence-corrected chi connectivity index (χ4v) is 3.60. The van der Waals surface area contributed by atoms with E-state index in [9.17, 15) is 22.4 Å². The molecule has 1 aliphatic rings. The predicted octanol–water partition coefficient (Wildman–Crippen LogP) is 4.58. The Labute approximate surface area is 161 Å². The minimum Gasteiger partial charge on any atom is -0.333 e. The van der Waals surface area contributed by atoms with E-state index in [0.717, 1.165) is 11.6 Å². The highest BCUT2D eigenvalue weighted by molar-refractivity contribution is 5.96. The molecule has 0 N–H and O–H groups in total. The van der Waals surface area contributed by atoms with E-state index in [-0.39, 0.29) is 23.5 Å². The van der Waals surface area contributed by atoms with Crippen molar-refractivity contribution in [2.75, 3.05) is 13.1 Å². The largest absolute Gasteiger partial charge is 0.417 e. The number of amides is 1. The summed E-state index contributed by atoms with van der Waals surface area (Å²) in [6.45, 7) is 5.21. The second-order valence-corrected chi connectivity index (χ2v) is 7.25. The number of benzene rings is 2. The van der Waals surface area contributed by atoms with E-state index in [1.165, 1.54) is 35.2 Å². The molecule has 0 aliphatic carbocycles. The smallest absolute Gasteiger partial charge is 0.333 e. The van der Waals surface area contributed by atoms with Crippen LogP contribution in [0.25, 0.3) is 0 Å². The molecule has 1 aliphatic heterocycles. The van der Waals surface area contributed by atoms with Gasteiger partial charge in [-0.3, -0.25) is 9.69 Å². The maximum absolute atomic E-state index is 13.3. The van der Waals surface area contributed by atoms with E-state index >= 15 is 0 Å². The van der Waals surface area contributed by atoms with Crippen LogP contribution >= 0.6 is 0 Å². The molecule has 2 atom stereocenters. The third-order valence-corrected chi connectivity index (χ3v) is 5.14. The zero-order chi connectivity index (χ0) is 20.5. The Bertz CT molecular complexity index is 835. The molecule has 0 aromatic heterocycles. The number of halogens is 4. The van der Waals surface area contributed by atoms with Crippen LogP contribution in [0.2, 0.25) is 0 Å². The average molecular weight is 394 g/mol. The highest BCUT2D eigenvalue weighted by Gasteiger charge is 2.38. The Morgan fingerprint density at radius 3 is 2.29 bits per heavy atom. The van der Waals surface area contributed by atoms with Crippen LogP contribution in [-0.4, -0.2) is 40.9 Å². The SMILES string of the molecule is CC1CN(C(=O)c2ccccc2C(F)(F)F)C(C)CN1Cc1ccc(F)cc1. The molecule has 3 nitrogen and oxygen atoms in total. The molecule has 1 fully saturated rings. The summed E-state index contributed by atoms with van der Waals surface area (Å²) in [6, 6.07) is 10.8. The molecule has 0 saturated carbocycles. The molecular formula is C21H22F4N2O. The quantitative estimate of drug-likeness (QED) is 0.712. The van der Waals surface area contributed by atoms with Crippen LogP contribution in [0.5, 0.6) is 0 Å². The van der Waals surface area contributed by atoms with Crippen LogP contribution < -0.4 is 0 Å². The Kier molecular flexibility index (Phi) is 5.74. The van der Waals surface area contributed by atoms with Crippen LogP contribution in [0.1, 0.15) is 35.3 Å². The van der Waals surface area contributed by atoms with Gasteiger partial charge in [0, 0.05) is 31.7 Å². The number of carbonyl (C=O) groups is 1. The van der Waals surface area contributed by atoms with Gasteiger partial charge in [-0.25, -0.2) is 4.39 Å². The monoisotopic (exact) mass is 394 g/mol. The van der Waals surface area contributed by atoms with Crippen LogP contribution in [0.3, 0.4) is 0 Å². The molecule has 7 heteroatoms. The number of rotatable bonds is 3. The lowest BCUT2D eigenvalue weighted by Gasteiger charge is -2.44. The molecule has 28 heavy (non-hydrogen) atoms. The van der Waals surface area contributed by atoms with Gasteiger partial charge in [0.2, 0.25) is 0 Å². The lowest BCUT2D eigenvalue weighted by atomic mass is 10.0. The normalized spacial score (nSPS) is 21.0. The van der Waals surface area contributed by atoms with Crippen molar-refractivity contribution in [1.29, 1.82) is 0 Å². The minimum atomic E-state index is -4.58. The van der Waals surface area contributed by atoms with Gasteiger partial charge in [0.05, 0.1) is 11.1 Å². The first-order valence-corrected chi connectivity index (χ1v) is 9.12. The first-order chi connectivity index (χ1) is 13.2. The van der Waals surface area contributed by atoms with Crippen molar-refractivity contribution in [3.05, 3.63) is 71.0 Å².